The Morgan fingerprint density at radius 1 is 1.38 bits per heavy atom. The predicted octanol–water partition coefficient (Wildman–Crippen LogP) is 3.29. The van der Waals surface area contributed by atoms with Crippen LogP contribution >= 0.6 is 0 Å². The lowest BCUT2D eigenvalue weighted by Gasteiger charge is -2.25. The van der Waals surface area contributed by atoms with Crippen LogP contribution < -0.4 is 10.6 Å². The van der Waals surface area contributed by atoms with Gasteiger partial charge in [-0.05, 0) is 37.6 Å². The molecule has 1 heterocycles. The van der Waals surface area contributed by atoms with E-state index in [2.05, 4.69) is 15.6 Å². The van der Waals surface area contributed by atoms with Gasteiger partial charge in [0.05, 0.1) is 0 Å². The second kappa shape index (κ2) is 5.76. The third-order valence-electron chi connectivity index (χ3n) is 3.48. The van der Waals surface area contributed by atoms with Gasteiger partial charge in [0.25, 0.3) is 0 Å². The van der Waals surface area contributed by atoms with Crippen molar-refractivity contribution in [1.29, 1.82) is 0 Å². The Kier molecular flexibility index (Phi) is 4.21. The maximum atomic E-state index is 13.4. The number of urea groups is 1. The summed E-state index contributed by atoms with van der Waals surface area (Å²) in [6.07, 6.45) is 1.88. The lowest BCUT2D eigenvalue weighted by atomic mass is 9.84. The number of H-pyrrole nitrogens is 1. The number of aromatic amines is 1. The molecule has 4 nitrogen and oxygen atoms in total. The number of hydrogen-bond acceptors (Lipinski definition) is 1. The summed E-state index contributed by atoms with van der Waals surface area (Å²) in [4.78, 5) is 14.8. The van der Waals surface area contributed by atoms with Crippen molar-refractivity contribution >= 4 is 16.9 Å². The normalized spacial score (nSPS) is 11.9. The molecule has 0 fully saturated rings. The van der Waals surface area contributed by atoms with Gasteiger partial charge < -0.3 is 15.6 Å². The number of halogens is 1. The quantitative estimate of drug-likeness (QED) is 0.795. The van der Waals surface area contributed by atoms with Crippen molar-refractivity contribution < 1.29 is 9.18 Å². The highest BCUT2D eigenvalue weighted by Gasteiger charge is 2.25. The van der Waals surface area contributed by atoms with E-state index in [1.165, 1.54) is 12.1 Å². The molecule has 0 unspecified atom stereocenters. The minimum absolute atomic E-state index is 0.0929. The molecule has 1 aromatic heterocycles. The lowest BCUT2D eigenvalue weighted by Crippen LogP contribution is -2.44. The van der Waals surface area contributed by atoms with Crippen LogP contribution in [0.25, 0.3) is 10.9 Å². The second-order valence-corrected chi connectivity index (χ2v) is 6.26. The highest BCUT2D eigenvalue weighted by Crippen LogP contribution is 2.30. The third-order valence-corrected chi connectivity index (χ3v) is 3.48. The summed E-state index contributed by atoms with van der Waals surface area (Å²) in [5.74, 6) is -0.260. The van der Waals surface area contributed by atoms with E-state index in [9.17, 15) is 9.18 Å². The van der Waals surface area contributed by atoms with Gasteiger partial charge in [0.15, 0.2) is 0 Å². The molecule has 0 saturated heterocycles. The number of carbonyl (C=O) groups excluding carboxylic acids is 1. The first-order chi connectivity index (χ1) is 9.79. The Balaban J connectivity index is 2.17. The number of hydrogen-bond donors (Lipinski definition) is 3. The van der Waals surface area contributed by atoms with Crippen molar-refractivity contribution in [2.45, 2.75) is 39.2 Å². The first kappa shape index (κ1) is 15.4. The van der Waals surface area contributed by atoms with E-state index in [0.29, 0.717) is 6.54 Å². The summed E-state index contributed by atoms with van der Waals surface area (Å²) in [7, 11) is 0. The van der Waals surface area contributed by atoms with Crippen molar-refractivity contribution in [2.75, 3.05) is 6.54 Å². The Hall–Kier alpha value is -2.04. The van der Waals surface area contributed by atoms with Crippen LogP contribution in [-0.4, -0.2) is 23.6 Å². The molecule has 1 aromatic carbocycles. The zero-order chi connectivity index (χ0) is 15.6. The van der Waals surface area contributed by atoms with E-state index in [1.54, 1.807) is 6.07 Å². The van der Waals surface area contributed by atoms with Crippen LogP contribution in [0.15, 0.2) is 24.4 Å². The number of benzene rings is 1. The molecule has 114 valence electrons. The van der Waals surface area contributed by atoms with E-state index in [4.69, 9.17) is 0 Å². The minimum Gasteiger partial charge on any atom is -0.361 e. The predicted molar refractivity (Wildman–Crippen MR) is 83.0 cm³/mol. The lowest BCUT2D eigenvalue weighted by molar-refractivity contribution is 0.236. The summed E-state index contributed by atoms with van der Waals surface area (Å²) in [5.41, 5.74) is 1.58. The van der Waals surface area contributed by atoms with Crippen LogP contribution in [0.4, 0.5) is 9.18 Å². The summed E-state index contributed by atoms with van der Waals surface area (Å²) in [6, 6.07) is 4.59. The van der Waals surface area contributed by atoms with Gasteiger partial charge in [0.2, 0.25) is 0 Å². The molecule has 0 aliphatic carbocycles. The molecule has 0 bridgehead atoms. The van der Waals surface area contributed by atoms with Crippen LogP contribution in [0, 0.1) is 5.82 Å². The van der Waals surface area contributed by atoms with Crippen LogP contribution in [-0.2, 0) is 5.41 Å². The first-order valence-corrected chi connectivity index (χ1v) is 7.11. The van der Waals surface area contributed by atoms with Gasteiger partial charge in [-0.2, -0.15) is 0 Å². The van der Waals surface area contributed by atoms with Crippen molar-refractivity contribution in [3.63, 3.8) is 0 Å². The summed E-state index contributed by atoms with van der Waals surface area (Å²) >= 11 is 0. The molecule has 0 aliphatic heterocycles. The van der Waals surface area contributed by atoms with Gasteiger partial charge in [0.1, 0.15) is 5.82 Å². The molecule has 3 N–H and O–H groups in total. The zero-order valence-corrected chi connectivity index (χ0v) is 12.9. The van der Waals surface area contributed by atoms with Crippen LogP contribution in [0.5, 0.6) is 0 Å². The number of amides is 2. The van der Waals surface area contributed by atoms with Crippen molar-refractivity contribution in [3.8, 4) is 0 Å². The monoisotopic (exact) mass is 291 g/mol. The van der Waals surface area contributed by atoms with Crippen molar-refractivity contribution in [3.05, 3.63) is 35.8 Å². The van der Waals surface area contributed by atoms with Crippen LogP contribution in [0.1, 0.15) is 33.3 Å². The molecule has 0 spiro atoms. The van der Waals surface area contributed by atoms with Gasteiger partial charge in [0, 0.05) is 35.1 Å². The van der Waals surface area contributed by atoms with Crippen molar-refractivity contribution in [1.82, 2.24) is 15.6 Å². The Bertz CT molecular complexity index is 646. The molecule has 2 amide bonds. The zero-order valence-electron chi connectivity index (χ0n) is 12.9. The number of nitrogens with one attached hydrogen (secondary N) is 3. The minimum atomic E-state index is -0.305. The Morgan fingerprint density at radius 2 is 2.10 bits per heavy atom. The summed E-state index contributed by atoms with van der Waals surface area (Å²) < 4.78 is 13.4. The largest absolute Gasteiger partial charge is 0.361 e. The second-order valence-electron chi connectivity index (χ2n) is 6.26. The summed E-state index contributed by atoms with van der Waals surface area (Å²) in [6.45, 7) is 8.34. The fraction of sp³-hybridized carbons (Fsp3) is 0.438. The van der Waals surface area contributed by atoms with Crippen molar-refractivity contribution in [2.24, 2.45) is 0 Å². The molecular weight excluding hydrogens is 269 g/mol. The van der Waals surface area contributed by atoms with E-state index >= 15 is 0 Å². The van der Waals surface area contributed by atoms with E-state index in [1.807, 2.05) is 33.9 Å². The number of fused-ring (bicyclic) bond motifs is 1. The van der Waals surface area contributed by atoms with E-state index in [0.717, 1.165) is 16.5 Å². The van der Waals surface area contributed by atoms with Gasteiger partial charge in [-0.1, -0.05) is 13.8 Å². The highest BCUT2D eigenvalue weighted by atomic mass is 19.1. The molecule has 2 aromatic rings. The van der Waals surface area contributed by atoms with E-state index in [-0.39, 0.29) is 23.3 Å². The molecular formula is C16H22FN3O. The highest BCUT2D eigenvalue weighted by molar-refractivity contribution is 5.84. The first-order valence-electron chi connectivity index (χ1n) is 7.11. The molecule has 0 aliphatic rings. The smallest absolute Gasteiger partial charge is 0.315 e. The maximum Gasteiger partial charge on any atom is 0.315 e. The van der Waals surface area contributed by atoms with Gasteiger partial charge >= 0.3 is 6.03 Å². The number of aromatic nitrogens is 1. The fourth-order valence-electron chi connectivity index (χ4n) is 2.36. The molecule has 5 heteroatoms. The Labute approximate surface area is 124 Å². The maximum absolute atomic E-state index is 13.4. The Morgan fingerprint density at radius 3 is 2.76 bits per heavy atom. The SMILES string of the molecule is CC(C)NC(=O)NCC(C)(C)c1c[nH]c2ccc(F)cc12. The van der Waals surface area contributed by atoms with Gasteiger partial charge in [-0.25, -0.2) is 9.18 Å². The molecule has 2 rings (SSSR count). The average molecular weight is 291 g/mol. The molecule has 0 saturated carbocycles. The van der Waals surface area contributed by atoms with Crippen LogP contribution in [0.3, 0.4) is 0 Å². The standard InChI is InChI=1S/C16H22FN3O/c1-10(2)20-15(21)19-9-16(3,4)13-8-18-14-6-5-11(17)7-12(13)14/h5-8,10,18H,9H2,1-4H3,(H2,19,20,21). The summed E-state index contributed by atoms with van der Waals surface area (Å²) in [5, 5.41) is 6.51. The molecule has 0 radical (unpaired) electrons. The molecule has 21 heavy (non-hydrogen) atoms. The fourth-order valence-corrected chi connectivity index (χ4v) is 2.36. The topological polar surface area (TPSA) is 56.9 Å². The third kappa shape index (κ3) is 3.54. The van der Waals surface area contributed by atoms with Crippen LogP contribution in [0.2, 0.25) is 0 Å². The number of carbonyl (C=O) groups is 1. The van der Waals surface area contributed by atoms with Gasteiger partial charge in [-0.3, -0.25) is 0 Å². The average Bonchev–Trinajstić information content (AvgIpc) is 2.79. The molecule has 0 atom stereocenters. The van der Waals surface area contributed by atoms with E-state index < -0.39 is 0 Å². The van der Waals surface area contributed by atoms with Gasteiger partial charge in [-0.15, -0.1) is 0 Å². The number of rotatable bonds is 4.